The normalized spacial score (nSPS) is 12.2. The van der Waals surface area contributed by atoms with E-state index in [1.54, 1.807) is 11.0 Å². The number of rotatable bonds is 10. The van der Waals surface area contributed by atoms with Gasteiger partial charge in [-0.1, -0.05) is 83.9 Å². The first-order chi connectivity index (χ1) is 17.5. The molecule has 0 radical (unpaired) electrons. The molecule has 0 aliphatic carbocycles. The van der Waals surface area contributed by atoms with Crippen LogP contribution in [0.2, 0.25) is 10.0 Å². The fourth-order valence-electron chi connectivity index (χ4n) is 3.95. The van der Waals surface area contributed by atoms with Crippen molar-refractivity contribution in [1.82, 2.24) is 10.2 Å². The van der Waals surface area contributed by atoms with Gasteiger partial charge in [-0.15, -0.1) is 11.8 Å². The third kappa shape index (κ3) is 9.10. The molecule has 4 nitrogen and oxygen atoms in total. The van der Waals surface area contributed by atoms with Crippen LogP contribution in [0.5, 0.6) is 0 Å². The van der Waals surface area contributed by atoms with Crippen LogP contribution in [0.1, 0.15) is 43.0 Å². The van der Waals surface area contributed by atoms with E-state index in [0.29, 0.717) is 28.8 Å². The van der Waals surface area contributed by atoms with E-state index in [-0.39, 0.29) is 17.6 Å². The summed E-state index contributed by atoms with van der Waals surface area (Å²) in [6.45, 7) is 8.23. The van der Waals surface area contributed by atoms with Crippen molar-refractivity contribution in [3.63, 3.8) is 0 Å². The molecule has 0 aromatic heterocycles. The molecular formula is C30H34Cl2N2O2S. The maximum absolute atomic E-state index is 13.7. The van der Waals surface area contributed by atoms with Crippen molar-refractivity contribution in [1.29, 1.82) is 0 Å². The molecule has 2 amide bonds. The Morgan fingerprint density at radius 3 is 2.24 bits per heavy atom. The van der Waals surface area contributed by atoms with Crippen LogP contribution in [0.4, 0.5) is 0 Å². The molecule has 37 heavy (non-hydrogen) atoms. The summed E-state index contributed by atoms with van der Waals surface area (Å²) in [5.41, 5.74) is 3.67. The average molecular weight is 558 g/mol. The van der Waals surface area contributed by atoms with E-state index < -0.39 is 11.6 Å². The molecule has 3 aromatic rings. The van der Waals surface area contributed by atoms with Crippen molar-refractivity contribution in [2.24, 2.45) is 0 Å². The highest BCUT2D eigenvalue weighted by Gasteiger charge is 2.32. The molecule has 0 saturated carbocycles. The standard InChI is InChI=1S/C30H34Cl2N2O2S/c1-21-10-8-9-13-24(21)18-34(28(35)20-37-19-23-14-15-25(31)26(32)16-23)27(29(36)33-30(2,3)4)17-22-11-6-5-7-12-22/h5-16,27H,17-20H2,1-4H3,(H,33,36)/t27-/m1/s1. The van der Waals surface area contributed by atoms with E-state index in [1.165, 1.54) is 11.8 Å². The quantitative estimate of drug-likeness (QED) is 0.290. The highest BCUT2D eigenvalue weighted by Crippen LogP contribution is 2.25. The van der Waals surface area contributed by atoms with Crippen LogP contribution in [0.25, 0.3) is 0 Å². The predicted octanol–water partition coefficient (Wildman–Crippen LogP) is 7.09. The minimum absolute atomic E-state index is 0.0849. The highest BCUT2D eigenvalue weighted by atomic mass is 35.5. The van der Waals surface area contributed by atoms with Gasteiger partial charge < -0.3 is 10.2 Å². The number of halogens is 2. The Balaban J connectivity index is 1.88. The maximum Gasteiger partial charge on any atom is 0.243 e. The molecule has 7 heteroatoms. The molecule has 3 aromatic carbocycles. The first kappa shape index (κ1) is 29.1. The molecule has 0 aliphatic heterocycles. The van der Waals surface area contributed by atoms with Crippen molar-refractivity contribution in [2.75, 3.05) is 5.75 Å². The molecule has 0 fully saturated rings. The van der Waals surface area contributed by atoms with Gasteiger partial charge in [0.1, 0.15) is 6.04 Å². The van der Waals surface area contributed by atoms with Gasteiger partial charge in [-0.3, -0.25) is 9.59 Å². The summed E-state index contributed by atoms with van der Waals surface area (Å²) in [7, 11) is 0. The third-order valence-electron chi connectivity index (χ3n) is 5.85. The lowest BCUT2D eigenvalue weighted by Gasteiger charge is -2.34. The number of aryl methyl sites for hydroxylation is 1. The summed E-state index contributed by atoms with van der Waals surface area (Å²) in [5, 5.41) is 4.10. The summed E-state index contributed by atoms with van der Waals surface area (Å²) in [5.74, 6) is 0.601. The Bertz CT molecular complexity index is 1210. The van der Waals surface area contributed by atoms with Crippen LogP contribution < -0.4 is 5.32 Å². The Hall–Kier alpha value is -2.47. The SMILES string of the molecule is Cc1ccccc1CN(C(=O)CSCc1ccc(Cl)c(Cl)c1)[C@H](Cc1ccccc1)C(=O)NC(C)(C)C. The van der Waals surface area contributed by atoms with Gasteiger partial charge in [-0.25, -0.2) is 0 Å². The van der Waals surface area contributed by atoms with Crippen molar-refractivity contribution >= 4 is 46.8 Å². The Morgan fingerprint density at radius 2 is 1.59 bits per heavy atom. The summed E-state index contributed by atoms with van der Waals surface area (Å²) < 4.78 is 0. The Morgan fingerprint density at radius 1 is 0.919 bits per heavy atom. The van der Waals surface area contributed by atoms with Gasteiger partial charge in [0.15, 0.2) is 0 Å². The molecule has 0 saturated heterocycles. The van der Waals surface area contributed by atoms with Crippen molar-refractivity contribution < 1.29 is 9.59 Å². The van der Waals surface area contributed by atoms with Crippen LogP contribution in [0, 0.1) is 6.92 Å². The summed E-state index contributed by atoms with van der Waals surface area (Å²) in [4.78, 5) is 29.1. The summed E-state index contributed by atoms with van der Waals surface area (Å²) in [6, 6.07) is 22.7. The number of amides is 2. The number of hydrogen-bond donors (Lipinski definition) is 1. The predicted molar refractivity (Wildman–Crippen MR) is 156 cm³/mol. The zero-order valence-electron chi connectivity index (χ0n) is 21.8. The van der Waals surface area contributed by atoms with Crippen molar-refractivity contribution in [3.05, 3.63) is 105 Å². The number of thioether (sulfide) groups is 1. The lowest BCUT2D eigenvalue weighted by atomic mass is 10.00. The Labute approximate surface area is 234 Å². The van der Waals surface area contributed by atoms with Gasteiger partial charge in [0, 0.05) is 24.3 Å². The highest BCUT2D eigenvalue weighted by molar-refractivity contribution is 7.99. The largest absolute Gasteiger partial charge is 0.350 e. The molecule has 1 N–H and O–H groups in total. The third-order valence-corrected chi connectivity index (χ3v) is 7.58. The first-order valence-corrected chi connectivity index (χ1v) is 14.2. The monoisotopic (exact) mass is 556 g/mol. The van der Waals surface area contributed by atoms with Crippen molar-refractivity contribution in [2.45, 2.75) is 58.0 Å². The first-order valence-electron chi connectivity index (χ1n) is 12.2. The molecular weight excluding hydrogens is 523 g/mol. The van der Waals surface area contributed by atoms with Gasteiger partial charge >= 0.3 is 0 Å². The summed E-state index contributed by atoms with van der Waals surface area (Å²) in [6.07, 6.45) is 0.428. The number of benzene rings is 3. The molecule has 0 heterocycles. The van der Waals surface area contributed by atoms with Gasteiger partial charge in [-0.05, 0) is 62.1 Å². The lowest BCUT2D eigenvalue weighted by Crippen LogP contribution is -2.54. The molecule has 196 valence electrons. The number of nitrogens with one attached hydrogen (secondary N) is 1. The van der Waals surface area contributed by atoms with Gasteiger partial charge in [0.05, 0.1) is 15.8 Å². The second-order valence-electron chi connectivity index (χ2n) is 10.1. The molecule has 0 bridgehead atoms. The minimum Gasteiger partial charge on any atom is -0.350 e. The fraction of sp³-hybridized carbons (Fsp3) is 0.333. The second kappa shape index (κ2) is 13.4. The van der Waals surface area contributed by atoms with Crippen LogP contribution in [0.15, 0.2) is 72.8 Å². The maximum atomic E-state index is 13.7. The van der Waals surface area contributed by atoms with E-state index in [4.69, 9.17) is 23.2 Å². The van der Waals surface area contributed by atoms with E-state index >= 15 is 0 Å². The van der Waals surface area contributed by atoms with Gasteiger partial charge in [-0.2, -0.15) is 0 Å². The molecule has 0 unspecified atom stereocenters. The summed E-state index contributed by atoms with van der Waals surface area (Å²) >= 11 is 13.7. The second-order valence-corrected chi connectivity index (χ2v) is 11.9. The van der Waals surface area contributed by atoms with Crippen molar-refractivity contribution in [3.8, 4) is 0 Å². The zero-order valence-corrected chi connectivity index (χ0v) is 24.1. The fourth-order valence-corrected chi connectivity index (χ4v) is 5.12. The molecule has 3 rings (SSSR count). The van der Waals surface area contributed by atoms with Gasteiger partial charge in [0.25, 0.3) is 0 Å². The molecule has 0 spiro atoms. The van der Waals surface area contributed by atoms with E-state index in [9.17, 15) is 9.59 Å². The average Bonchev–Trinajstić information content (AvgIpc) is 2.84. The number of carbonyl (C=O) groups is 2. The number of carbonyl (C=O) groups excluding carboxylic acids is 2. The number of nitrogens with zero attached hydrogens (tertiary/aromatic N) is 1. The van der Waals surface area contributed by atoms with Crippen LogP contribution in [0.3, 0.4) is 0 Å². The molecule has 0 aliphatic rings. The topological polar surface area (TPSA) is 49.4 Å². The van der Waals surface area contributed by atoms with Gasteiger partial charge in [0.2, 0.25) is 11.8 Å². The Kier molecular flexibility index (Phi) is 10.5. The van der Waals surface area contributed by atoms with Crippen LogP contribution in [-0.2, 0) is 28.3 Å². The van der Waals surface area contributed by atoms with Crippen LogP contribution >= 0.6 is 35.0 Å². The minimum atomic E-state index is -0.653. The smallest absolute Gasteiger partial charge is 0.243 e. The molecule has 1 atom stereocenters. The van der Waals surface area contributed by atoms with Crippen LogP contribution in [-0.4, -0.2) is 34.0 Å². The van der Waals surface area contributed by atoms with E-state index in [0.717, 1.165) is 22.3 Å². The zero-order chi connectivity index (χ0) is 27.0. The number of hydrogen-bond acceptors (Lipinski definition) is 3. The lowest BCUT2D eigenvalue weighted by molar-refractivity contribution is -0.140. The van der Waals surface area contributed by atoms with E-state index in [1.807, 2.05) is 94.4 Å². The van der Waals surface area contributed by atoms with E-state index in [2.05, 4.69) is 5.32 Å².